The van der Waals surface area contributed by atoms with Gasteiger partial charge < -0.3 is 16.0 Å². The number of carbonyl (C=O) groups is 3. The van der Waals surface area contributed by atoms with Crippen molar-refractivity contribution >= 4 is 75.8 Å². The van der Waals surface area contributed by atoms with Crippen LogP contribution in [-0.4, -0.2) is 27.9 Å². The largest absolute Gasteiger partial charge is 0.324 e. The lowest BCUT2D eigenvalue weighted by molar-refractivity contribution is -0.385. The Bertz CT molecular complexity index is 1700. The number of nitro benzene ring substituents is 1. The van der Waals surface area contributed by atoms with E-state index in [0.29, 0.717) is 27.0 Å². The van der Waals surface area contributed by atoms with Crippen molar-refractivity contribution in [1.29, 1.82) is 0 Å². The van der Waals surface area contributed by atoms with Crippen LogP contribution in [0.4, 0.5) is 17.1 Å². The van der Waals surface area contributed by atoms with Crippen molar-refractivity contribution < 1.29 is 19.3 Å². The van der Waals surface area contributed by atoms with E-state index in [1.165, 1.54) is 36.0 Å². The van der Waals surface area contributed by atoms with Gasteiger partial charge in [-0.15, -0.1) is 11.8 Å². The zero-order chi connectivity index (χ0) is 30.9. The van der Waals surface area contributed by atoms with Gasteiger partial charge in [0.15, 0.2) is 0 Å². The minimum absolute atomic E-state index is 0.143. The summed E-state index contributed by atoms with van der Waals surface area (Å²) in [5.41, 5.74) is 0.895. The van der Waals surface area contributed by atoms with E-state index < -0.39 is 22.0 Å². The molecule has 0 spiro atoms. The zero-order valence-electron chi connectivity index (χ0n) is 22.5. The number of hydrogen-bond acceptors (Lipinski definition) is 6. The monoisotopic (exact) mass is 634 g/mol. The Morgan fingerprint density at radius 1 is 0.884 bits per heavy atom. The van der Waals surface area contributed by atoms with Crippen molar-refractivity contribution in [2.24, 2.45) is 0 Å². The van der Waals surface area contributed by atoms with Crippen LogP contribution >= 0.6 is 35.0 Å². The van der Waals surface area contributed by atoms with Crippen LogP contribution in [-0.2, 0) is 9.59 Å². The van der Waals surface area contributed by atoms with Crippen LogP contribution in [0.3, 0.4) is 0 Å². The van der Waals surface area contributed by atoms with E-state index in [1.807, 2.05) is 0 Å². The van der Waals surface area contributed by atoms with Crippen molar-refractivity contribution in [2.75, 3.05) is 10.6 Å². The molecule has 9 nitrogen and oxygen atoms in total. The third kappa shape index (κ3) is 8.68. The number of nitrogens with zero attached hydrogens (tertiary/aromatic N) is 1. The maximum atomic E-state index is 13.3. The molecule has 0 aliphatic rings. The number of hydrogen-bond donors (Lipinski definition) is 3. The van der Waals surface area contributed by atoms with Crippen LogP contribution in [0, 0.1) is 10.1 Å². The van der Waals surface area contributed by atoms with E-state index in [-0.39, 0.29) is 22.9 Å². The Morgan fingerprint density at radius 2 is 1.56 bits per heavy atom. The molecule has 0 bridgehead atoms. The molecule has 1 atom stereocenters. The molecule has 0 fully saturated rings. The molecule has 3 amide bonds. The maximum absolute atomic E-state index is 13.3. The Labute approximate surface area is 261 Å². The number of rotatable bonds is 10. The highest BCUT2D eigenvalue weighted by Gasteiger charge is 2.19. The van der Waals surface area contributed by atoms with Crippen LogP contribution in [0.25, 0.3) is 6.08 Å². The molecule has 0 radical (unpaired) electrons. The Morgan fingerprint density at radius 3 is 2.23 bits per heavy atom. The van der Waals surface area contributed by atoms with Crippen LogP contribution in [0.2, 0.25) is 10.0 Å². The fourth-order valence-corrected chi connectivity index (χ4v) is 5.10. The van der Waals surface area contributed by atoms with Gasteiger partial charge in [0, 0.05) is 27.2 Å². The predicted molar refractivity (Wildman–Crippen MR) is 170 cm³/mol. The molecule has 0 aromatic heterocycles. The molecule has 218 valence electrons. The van der Waals surface area contributed by atoms with Crippen molar-refractivity contribution in [3.8, 4) is 0 Å². The summed E-state index contributed by atoms with van der Waals surface area (Å²) in [4.78, 5) is 50.6. The molecule has 1 unspecified atom stereocenters. The second-order valence-corrected chi connectivity index (χ2v) is 11.3. The van der Waals surface area contributed by atoms with Gasteiger partial charge in [-0.3, -0.25) is 24.5 Å². The Kier molecular flexibility index (Phi) is 10.6. The molecule has 0 saturated carbocycles. The number of halogens is 2. The van der Waals surface area contributed by atoms with E-state index in [2.05, 4.69) is 16.0 Å². The van der Waals surface area contributed by atoms with Gasteiger partial charge in [0.1, 0.15) is 5.70 Å². The zero-order valence-corrected chi connectivity index (χ0v) is 24.9. The van der Waals surface area contributed by atoms with E-state index in [9.17, 15) is 24.5 Å². The van der Waals surface area contributed by atoms with Gasteiger partial charge >= 0.3 is 0 Å². The number of carbonyl (C=O) groups excluding carboxylic acids is 3. The first-order chi connectivity index (χ1) is 20.6. The highest BCUT2D eigenvalue weighted by Crippen LogP contribution is 2.29. The molecular weight excluding hydrogens is 611 g/mol. The summed E-state index contributed by atoms with van der Waals surface area (Å²) < 4.78 is 0. The van der Waals surface area contributed by atoms with E-state index >= 15 is 0 Å². The lowest BCUT2D eigenvalue weighted by Gasteiger charge is -2.14. The fourth-order valence-electron chi connectivity index (χ4n) is 3.77. The number of anilines is 2. The number of nitrogens with one attached hydrogen (secondary N) is 3. The van der Waals surface area contributed by atoms with Gasteiger partial charge in [-0.05, 0) is 73.7 Å². The minimum atomic E-state index is -0.685. The quantitative estimate of drug-likeness (QED) is 0.0719. The van der Waals surface area contributed by atoms with Crippen LogP contribution in [0.5, 0.6) is 0 Å². The molecule has 43 heavy (non-hydrogen) atoms. The van der Waals surface area contributed by atoms with Gasteiger partial charge in [0.05, 0.1) is 26.4 Å². The van der Waals surface area contributed by atoms with E-state index in [4.69, 9.17) is 23.2 Å². The number of thioether (sulfide) groups is 1. The lowest BCUT2D eigenvalue weighted by atomic mass is 10.1. The standard InChI is InChI=1S/C31H24Cl2N4O5S/c1-19(29(38)35-26-16-11-22(32)18-25(26)33)43-24-14-12-23(13-15-24)34-31(40)27(36-30(39)20-7-3-2-4-8-20)17-21-9-5-6-10-28(21)37(41)42/h2-19H,1H3,(H,34,40)(H,35,38)(H,36,39)/b27-17-. The number of amides is 3. The summed E-state index contributed by atoms with van der Waals surface area (Å²) >= 11 is 13.4. The van der Waals surface area contributed by atoms with Crippen molar-refractivity contribution in [3.63, 3.8) is 0 Å². The number of benzene rings is 4. The molecule has 0 aliphatic heterocycles. The van der Waals surface area contributed by atoms with Gasteiger partial charge in [-0.2, -0.15) is 0 Å². The molecule has 0 saturated heterocycles. The van der Waals surface area contributed by atoms with Crippen molar-refractivity contribution in [2.45, 2.75) is 17.1 Å². The van der Waals surface area contributed by atoms with Crippen molar-refractivity contribution in [3.05, 3.63) is 134 Å². The van der Waals surface area contributed by atoms with Gasteiger partial charge in [-0.25, -0.2) is 0 Å². The number of nitro groups is 1. The van der Waals surface area contributed by atoms with Gasteiger partial charge in [0.2, 0.25) is 5.91 Å². The normalized spacial score (nSPS) is 11.7. The summed E-state index contributed by atoms with van der Waals surface area (Å²) in [7, 11) is 0. The summed E-state index contributed by atoms with van der Waals surface area (Å²) in [6, 6.07) is 25.7. The van der Waals surface area contributed by atoms with Crippen molar-refractivity contribution in [1.82, 2.24) is 5.32 Å². The second kappa shape index (κ2) is 14.5. The summed E-state index contributed by atoms with van der Waals surface area (Å²) in [5.74, 6) is -1.50. The highest BCUT2D eigenvalue weighted by molar-refractivity contribution is 8.00. The highest BCUT2D eigenvalue weighted by atomic mass is 35.5. The van der Waals surface area contributed by atoms with Gasteiger partial charge in [-0.1, -0.05) is 53.5 Å². The molecule has 3 N–H and O–H groups in total. The summed E-state index contributed by atoms with van der Waals surface area (Å²) in [6.07, 6.45) is 1.26. The van der Waals surface area contributed by atoms with Gasteiger partial charge in [0.25, 0.3) is 17.5 Å². The first-order valence-corrected chi connectivity index (χ1v) is 14.4. The Hall–Kier alpha value is -4.64. The van der Waals surface area contributed by atoms with Crippen LogP contribution in [0.15, 0.2) is 108 Å². The molecular formula is C31H24Cl2N4O5S. The average molecular weight is 636 g/mol. The lowest BCUT2D eigenvalue weighted by Crippen LogP contribution is -2.30. The first-order valence-electron chi connectivity index (χ1n) is 12.8. The van der Waals surface area contributed by atoms with Crippen LogP contribution in [0.1, 0.15) is 22.8 Å². The summed E-state index contributed by atoms with van der Waals surface area (Å²) in [6.45, 7) is 1.74. The molecule has 0 heterocycles. The smallest absolute Gasteiger partial charge is 0.276 e. The minimum Gasteiger partial charge on any atom is -0.324 e. The molecule has 12 heteroatoms. The number of para-hydroxylation sites is 1. The second-order valence-electron chi connectivity index (χ2n) is 9.05. The predicted octanol–water partition coefficient (Wildman–Crippen LogP) is 7.43. The third-order valence-electron chi connectivity index (χ3n) is 5.95. The van der Waals surface area contributed by atoms with E-state index in [0.717, 1.165) is 4.90 Å². The third-order valence-corrected chi connectivity index (χ3v) is 7.61. The molecule has 4 aromatic carbocycles. The van der Waals surface area contributed by atoms with E-state index in [1.54, 1.807) is 85.8 Å². The molecule has 4 rings (SSSR count). The topological polar surface area (TPSA) is 130 Å². The summed E-state index contributed by atoms with van der Waals surface area (Å²) in [5, 5.41) is 19.9. The fraction of sp³-hybridized carbons (Fsp3) is 0.0645. The first kappa shape index (κ1) is 31.3. The molecule has 0 aliphatic carbocycles. The maximum Gasteiger partial charge on any atom is 0.276 e. The average Bonchev–Trinajstić information content (AvgIpc) is 2.99. The van der Waals surface area contributed by atoms with Crippen LogP contribution < -0.4 is 16.0 Å². The molecule has 4 aromatic rings. The Balaban J connectivity index is 1.47. The SMILES string of the molecule is CC(Sc1ccc(NC(=O)/C(=C/c2ccccc2[N+](=O)[O-])NC(=O)c2ccccc2)cc1)C(=O)Nc1ccc(Cl)cc1Cl.